The number of hydrogen-bond donors (Lipinski definition) is 2. The molecule has 118 valence electrons. The van der Waals surface area contributed by atoms with Crippen LogP contribution in [0.15, 0.2) is 30.3 Å². The Kier molecular flexibility index (Phi) is 6.01. The Bertz CT molecular complexity index is 531. The quantitative estimate of drug-likeness (QED) is 0.647. The molecule has 2 N–H and O–H groups in total. The van der Waals surface area contributed by atoms with Gasteiger partial charge < -0.3 is 15.4 Å². The molecule has 1 aromatic rings. The molecule has 0 unspecified atom stereocenters. The summed E-state index contributed by atoms with van der Waals surface area (Å²) in [5, 5.41) is 5.79. The highest BCUT2D eigenvalue weighted by Gasteiger charge is 2.16. The van der Waals surface area contributed by atoms with Crippen molar-refractivity contribution in [1.82, 2.24) is 5.32 Å². The zero-order chi connectivity index (χ0) is 15.8. The van der Waals surface area contributed by atoms with Crippen molar-refractivity contribution in [3.63, 3.8) is 0 Å². The average Bonchev–Trinajstić information content (AvgIpc) is 2.99. The monoisotopic (exact) mass is 302 g/mol. The number of nitrogens with one attached hydrogen (secondary N) is 2. The number of urea groups is 1. The predicted molar refractivity (Wildman–Crippen MR) is 86.5 cm³/mol. The first-order valence-electron chi connectivity index (χ1n) is 7.70. The van der Waals surface area contributed by atoms with Crippen LogP contribution in [0.25, 0.3) is 6.08 Å². The van der Waals surface area contributed by atoms with E-state index in [1.165, 1.54) is 18.9 Å². The standard InChI is InChI=1S/C17H22N2O3/c1-2-22-16(20)12-9-13-7-10-15(11-8-13)19-17(21)18-14-5-3-4-6-14/h7-12,14H,2-6H2,1H3,(H2,18,19,21). The molecule has 2 amide bonds. The highest BCUT2D eigenvalue weighted by atomic mass is 16.5. The fourth-order valence-corrected chi connectivity index (χ4v) is 2.45. The van der Waals surface area contributed by atoms with Crippen LogP contribution in [0.1, 0.15) is 38.2 Å². The Labute approximate surface area is 130 Å². The zero-order valence-corrected chi connectivity index (χ0v) is 12.8. The van der Waals surface area contributed by atoms with Gasteiger partial charge in [-0.25, -0.2) is 9.59 Å². The molecule has 0 bridgehead atoms. The summed E-state index contributed by atoms with van der Waals surface area (Å²) in [7, 11) is 0. The number of esters is 1. The molecule has 0 atom stereocenters. The van der Waals surface area contributed by atoms with Crippen LogP contribution < -0.4 is 10.6 Å². The molecule has 1 saturated carbocycles. The molecule has 5 heteroatoms. The maximum atomic E-state index is 11.8. The van der Waals surface area contributed by atoms with Crippen LogP contribution in [-0.4, -0.2) is 24.6 Å². The summed E-state index contributed by atoms with van der Waals surface area (Å²) in [5.41, 5.74) is 1.60. The van der Waals surface area contributed by atoms with Crippen LogP contribution in [-0.2, 0) is 9.53 Å². The lowest BCUT2D eigenvalue weighted by Crippen LogP contribution is -2.36. The Morgan fingerprint density at radius 3 is 2.55 bits per heavy atom. The molecule has 1 aliphatic rings. The van der Waals surface area contributed by atoms with Crippen molar-refractivity contribution >= 4 is 23.8 Å². The van der Waals surface area contributed by atoms with Gasteiger partial charge in [0, 0.05) is 17.8 Å². The molecule has 1 aromatic carbocycles. The van der Waals surface area contributed by atoms with Crippen molar-refractivity contribution in [1.29, 1.82) is 0 Å². The van der Waals surface area contributed by atoms with E-state index >= 15 is 0 Å². The van der Waals surface area contributed by atoms with Gasteiger partial charge in [0.2, 0.25) is 0 Å². The summed E-state index contributed by atoms with van der Waals surface area (Å²) >= 11 is 0. The van der Waals surface area contributed by atoms with Gasteiger partial charge in [0.15, 0.2) is 0 Å². The molecule has 2 rings (SSSR count). The number of carbonyl (C=O) groups is 2. The first-order chi connectivity index (χ1) is 10.7. The number of ether oxygens (including phenoxy) is 1. The van der Waals surface area contributed by atoms with Crippen LogP contribution in [0.3, 0.4) is 0 Å². The maximum absolute atomic E-state index is 11.8. The van der Waals surface area contributed by atoms with E-state index in [1.807, 2.05) is 12.1 Å². The number of benzene rings is 1. The van der Waals surface area contributed by atoms with Crippen molar-refractivity contribution < 1.29 is 14.3 Å². The summed E-state index contributed by atoms with van der Waals surface area (Å²) in [6.45, 7) is 2.13. The van der Waals surface area contributed by atoms with Crippen molar-refractivity contribution in [3.05, 3.63) is 35.9 Å². The van der Waals surface area contributed by atoms with Crippen LogP contribution >= 0.6 is 0 Å². The third-order valence-corrected chi connectivity index (χ3v) is 3.56. The van der Waals surface area contributed by atoms with Crippen LogP contribution in [0, 0.1) is 0 Å². The van der Waals surface area contributed by atoms with Crippen LogP contribution in [0.5, 0.6) is 0 Å². The third kappa shape index (κ3) is 5.24. The van der Waals surface area contributed by atoms with E-state index in [1.54, 1.807) is 25.1 Å². The lowest BCUT2D eigenvalue weighted by Gasteiger charge is -2.13. The number of hydrogen-bond acceptors (Lipinski definition) is 3. The van der Waals surface area contributed by atoms with Crippen LogP contribution in [0.2, 0.25) is 0 Å². The van der Waals surface area contributed by atoms with Crippen molar-refractivity contribution in [2.45, 2.75) is 38.6 Å². The lowest BCUT2D eigenvalue weighted by molar-refractivity contribution is -0.137. The fourth-order valence-electron chi connectivity index (χ4n) is 2.45. The zero-order valence-electron chi connectivity index (χ0n) is 12.8. The first kappa shape index (κ1) is 16.1. The molecular weight excluding hydrogens is 280 g/mol. The first-order valence-corrected chi connectivity index (χ1v) is 7.70. The summed E-state index contributed by atoms with van der Waals surface area (Å²) in [4.78, 5) is 23.1. The Hall–Kier alpha value is -2.30. The molecule has 0 heterocycles. The minimum absolute atomic E-state index is 0.165. The van der Waals surface area contributed by atoms with Crippen LogP contribution in [0.4, 0.5) is 10.5 Å². The summed E-state index contributed by atoms with van der Waals surface area (Å²) in [5.74, 6) is -0.361. The highest BCUT2D eigenvalue weighted by molar-refractivity contribution is 5.90. The molecule has 0 spiro atoms. The van der Waals surface area contributed by atoms with Crippen molar-refractivity contribution in [2.75, 3.05) is 11.9 Å². The van der Waals surface area contributed by atoms with Gasteiger partial charge in [-0.3, -0.25) is 0 Å². The molecule has 0 aromatic heterocycles. The van der Waals surface area contributed by atoms with E-state index in [0.717, 1.165) is 24.1 Å². The molecule has 0 aliphatic heterocycles. The van der Waals surface area contributed by atoms with Gasteiger partial charge in [-0.05, 0) is 43.5 Å². The summed E-state index contributed by atoms with van der Waals surface area (Å²) in [6, 6.07) is 7.41. The SMILES string of the molecule is CCOC(=O)C=Cc1ccc(NC(=O)NC2CCCC2)cc1. The van der Waals surface area contributed by atoms with E-state index in [9.17, 15) is 9.59 Å². The fraction of sp³-hybridized carbons (Fsp3) is 0.412. The van der Waals surface area contributed by atoms with E-state index in [4.69, 9.17) is 4.74 Å². The molecule has 0 saturated heterocycles. The highest BCUT2D eigenvalue weighted by Crippen LogP contribution is 2.18. The van der Waals surface area contributed by atoms with Gasteiger partial charge in [-0.2, -0.15) is 0 Å². The number of carbonyl (C=O) groups excluding carboxylic acids is 2. The second-order valence-corrected chi connectivity index (χ2v) is 5.29. The van der Waals surface area contributed by atoms with Gasteiger partial charge in [0.05, 0.1) is 6.61 Å². The van der Waals surface area contributed by atoms with Gasteiger partial charge in [-0.1, -0.05) is 25.0 Å². The second kappa shape index (κ2) is 8.22. The number of rotatable bonds is 5. The maximum Gasteiger partial charge on any atom is 0.330 e. The Morgan fingerprint density at radius 1 is 1.23 bits per heavy atom. The minimum Gasteiger partial charge on any atom is -0.463 e. The molecule has 1 aliphatic carbocycles. The molecule has 0 radical (unpaired) electrons. The molecule has 5 nitrogen and oxygen atoms in total. The molecular formula is C17H22N2O3. The normalized spacial score (nSPS) is 15.0. The summed E-state index contributed by atoms with van der Waals surface area (Å²) < 4.78 is 4.81. The lowest BCUT2D eigenvalue weighted by atomic mass is 10.2. The molecule has 22 heavy (non-hydrogen) atoms. The van der Waals surface area contributed by atoms with Gasteiger partial charge in [-0.15, -0.1) is 0 Å². The Morgan fingerprint density at radius 2 is 1.91 bits per heavy atom. The van der Waals surface area contributed by atoms with E-state index in [-0.39, 0.29) is 12.0 Å². The third-order valence-electron chi connectivity index (χ3n) is 3.56. The van der Waals surface area contributed by atoms with E-state index in [0.29, 0.717) is 12.6 Å². The Balaban J connectivity index is 1.83. The van der Waals surface area contributed by atoms with E-state index in [2.05, 4.69) is 10.6 Å². The van der Waals surface area contributed by atoms with Gasteiger partial charge in [0.25, 0.3) is 0 Å². The van der Waals surface area contributed by atoms with E-state index < -0.39 is 0 Å². The number of amides is 2. The number of anilines is 1. The van der Waals surface area contributed by atoms with Gasteiger partial charge >= 0.3 is 12.0 Å². The second-order valence-electron chi connectivity index (χ2n) is 5.29. The minimum atomic E-state index is -0.361. The predicted octanol–water partition coefficient (Wildman–Crippen LogP) is 3.33. The topological polar surface area (TPSA) is 67.4 Å². The average molecular weight is 302 g/mol. The largest absolute Gasteiger partial charge is 0.463 e. The van der Waals surface area contributed by atoms with Crippen molar-refractivity contribution in [2.24, 2.45) is 0 Å². The summed E-state index contributed by atoms with van der Waals surface area (Å²) in [6.07, 6.45) is 7.56. The van der Waals surface area contributed by atoms with Crippen molar-refractivity contribution in [3.8, 4) is 0 Å². The smallest absolute Gasteiger partial charge is 0.330 e. The molecule has 1 fully saturated rings. The van der Waals surface area contributed by atoms with Gasteiger partial charge in [0.1, 0.15) is 0 Å².